The minimum absolute atomic E-state index is 0.124. The molecule has 0 fully saturated rings. The van der Waals surface area contributed by atoms with Crippen LogP contribution in [0.2, 0.25) is 0 Å². The van der Waals surface area contributed by atoms with Crippen LogP contribution in [-0.4, -0.2) is 23.3 Å². The minimum atomic E-state index is -0.332. The smallest absolute Gasteiger partial charge is 0.233 e. The van der Waals surface area contributed by atoms with E-state index < -0.39 is 0 Å². The summed E-state index contributed by atoms with van der Waals surface area (Å²) in [6, 6.07) is 5.66. The van der Waals surface area contributed by atoms with E-state index in [0.717, 1.165) is 28.8 Å². The van der Waals surface area contributed by atoms with Gasteiger partial charge in [0.1, 0.15) is 11.5 Å². The van der Waals surface area contributed by atoms with Crippen molar-refractivity contribution in [1.29, 1.82) is 0 Å². The zero-order valence-electron chi connectivity index (χ0n) is 12.1. The Balaban J connectivity index is 2.06. The predicted molar refractivity (Wildman–Crippen MR) is 84.0 cm³/mol. The van der Waals surface area contributed by atoms with Crippen LogP contribution in [0.15, 0.2) is 18.2 Å². The molecule has 1 amide bonds. The summed E-state index contributed by atoms with van der Waals surface area (Å²) < 4.78 is 6.59. The van der Waals surface area contributed by atoms with Crippen LogP contribution in [0.25, 0.3) is 10.2 Å². The molecule has 2 aromatic rings. The molecule has 0 saturated carbocycles. The Morgan fingerprint density at radius 1 is 1.38 bits per heavy atom. The summed E-state index contributed by atoms with van der Waals surface area (Å²) in [5.74, 6) is 0.308. The zero-order chi connectivity index (χ0) is 15.2. The largest absolute Gasteiger partial charge is 0.494 e. The van der Waals surface area contributed by atoms with E-state index in [9.17, 15) is 9.59 Å². The molecule has 6 heteroatoms. The number of rotatable bonds is 7. The van der Waals surface area contributed by atoms with Gasteiger partial charge in [-0.1, -0.05) is 24.7 Å². The number of benzene rings is 1. The number of unbranched alkanes of at least 4 members (excludes halogenated alkanes) is 1. The van der Waals surface area contributed by atoms with Gasteiger partial charge in [-0.15, -0.1) is 0 Å². The van der Waals surface area contributed by atoms with E-state index in [1.165, 1.54) is 18.3 Å². The van der Waals surface area contributed by atoms with E-state index in [-0.39, 0.29) is 18.1 Å². The van der Waals surface area contributed by atoms with E-state index in [2.05, 4.69) is 17.2 Å². The SMILES string of the molecule is CCCCOc1ccc2nc(NC(=O)CC(C)=O)sc2c1. The van der Waals surface area contributed by atoms with Crippen LogP contribution in [0.3, 0.4) is 0 Å². The van der Waals surface area contributed by atoms with Crippen molar-refractivity contribution in [3.05, 3.63) is 18.2 Å². The van der Waals surface area contributed by atoms with E-state index >= 15 is 0 Å². The molecule has 1 heterocycles. The molecule has 21 heavy (non-hydrogen) atoms. The topological polar surface area (TPSA) is 68.3 Å². The van der Waals surface area contributed by atoms with Gasteiger partial charge in [0.15, 0.2) is 5.13 Å². The van der Waals surface area contributed by atoms with Gasteiger partial charge in [-0.3, -0.25) is 9.59 Å². The maximum absolute atomic E-state index is 11.6. The number of aromatic nitrogens is 1. The van der Waals surface area contributed by atoms with Crippen molar-refractivity contribution in [2.45, 2.75) is 33.1 Å². The molecule has 0 atom stereocenters. The summed E-state index contributed by atoms with van der Waals surface area (Å²) >= 11 is 1.37. The first-order valence-corrected chi connectivity index (χ1v) is 7.73. The third-order valence-corrected chi connectivity index (χ3v) is 3.72. The highest BCUT2D eigenvalue weighted by molar-refractivity contribution is 7.22. The van der Waals surface area contributed by atoms with Crippen molar-refractivity contribution in [1.82, 2.24) is 4.98 Å². The molecule has 0 saturated heterocycles. The number of hydrogen-bond donors (Lipinski definition) is 1. The number of Topliss-reactive ketones (excluding diaryl/α,β-unsaturated/α-hetero) is 1. The van der Waals surface area contributed by atoms with Gasteiger partial charge in [0.2, 0.25) is 5.91 Å². The van der Waals surface area contributed by atoms with Gasteiger partial charge in [0.05, 0.1) is 23.2 Å². The second-order valence-electron chi connectivity index (χ2n) is 4.78. The lowest BCUT2D eigenvalue weighted by molar-refractivity contribution is -0.124. The number of ether oxygens (including phenoxy) is 1. The van der Waals surface area contributed by atoms with E-state index in [4.69, 9.17) is 4.74 Å². The lowest BCUT2D eigenvalue weighted by Gasteiger charge is -2.04. The average Bonchev–Trinajstić information content (AvgIpc) is 2.79. The van der Waals surface area contributed by atoms with Crippen LogP contribution in [0.4, 0.5) is 5.13 Å². The standard InChI is InChI=1S/C15H18N2O3S/c1-3-4-7-20-11-5-6-12-13(9-11)21-15(16-12)17-14(19)8-10(2)18/h5-6,9H,3-4,7-8H2,1-2H3,(H,16,17,19). The van der Waals surface area contributed by atoms with Crippen molar-refractivity contribution in [2.24, 2.45) is 0 Å². The van der Waals surface area contributed by atoms with Crippen LogP contribution < -0.4 is 10.1 Å². The van der Waals surface area contributed by atoms with Gasteiger partial charge in [-0.2, -0.15) is 0 Å². The van der Waals surface area contributed by atoms with Gasteiger partial charge >= 0.3 is 0 Å². The number of nitrogens with one attached hydrogen (secondary N) is 1. The van der Waals surface area contributed by atoms with Crippen molar-refractivity contribution in [2.75, 3.05) is 11.9 Å². The van der Waals surface area contributed by atoms with Crippen LogP contribution >= 0.6 is 11.3 Å². The molecule has 2 rings (SSSR count). The second kappa shape index (κ2) is 7.17. The summed E-state index contributed by atoms with van der Waals surface area (Å²) in [6.45, 7) is 4.20. The van der Waals surface area contributed by atoms with Crippen LogP contribution in [0, 0.1) is 0 Å². The highest BCUT2D eigenvalue weighted by Crippen LogP contribution is 2.29. The second-order valence-corrected chi connectivity index (χ2v) is 5.81. The average molecular weight is 306 g/mol. The Kier molecular flexibility index (Phi) is 5.27. The molecule has 0 radical (unpaired) electrons. The Bertz CT molecular complexity index is 651. The Morgan fingerprint density at radius 3 is 2.90 bits per heavy atom. The summed E-state index contributed by atoms with van der Waals surface area (Å²) in [6.07, 6.45) is 1.99. The van der Waals surface area contributed by atoms with Crippen molar-refractivity contribution >= 4 is 38.4 Å². The fourth-order valence-corrected chi connectivity index (χ4v) is 2.68. The first-order valence-electron chi connectivity index (χ1n) is 6.91. The fraction of sp³-hybridized carbons (Fsp3) is 0.400. The Hall–Kier alpha value is -1.95. The number of anilines is 1. The summed E-state index contributed by atoms with van der Waals surface area (Å²) in [5, 5.41) is 3.14. The maximum atomic E-state index is 11.6. The third-order valence-electron chi connectivity index (χ3n) is 2.78. The van der Waals surface area contributed by atoms with E-state index in [1.54, 1.807) is 0 Å². The molecular weight excluding hydrogens is 288 g/mol. The predicted octanol–water partition coefficient (Wildman–Crippen LogP) is 3.39. The molecule has 1 aromatic carbocycles. The Labute approximate surface area is 127 Å². The van der Waals surface area contributed by atoms with Gasteiger partial charge in [-0.25, -0.2) is 4.98 Å². The number of ketones is 1. The summed E-state index contributed by atoms with van der Waals surface area (Å²) in [5.41, 5.74) is 0.806. The molecule has 0 aliphatic carbocycles. The quantitative estimate of drug-likeness (QED) is 0.629. The van der Waals surface area contributed by atoms with Crippen molar-refractivity contribution in [3.8, 4) is 5.75 Å². The summed E-state index contributed by atoms with van der Waals surface area (Å²) in [7, 11) is 0. The lowest BCUT2D eigenvalue weighted by atomic mass is 10.3. The number of fused-ring (bicyclic) bond motifs is 1. The highest BCUT2D eigenvalue weighted by Gasteiger charge is 2.10. The zero-order valence-corrected chi connectivity index (χ0v) is 13.0. The van der Waals surface area contributed by atoms with Crippen LogP contribution in [-0.2, 0) is 9.59 Å². The molecule has 5 nitrogen and oxygen atoms in total. The number of nitrogens with zero attached hydrogens (tertiary/aromatic N) is 1. The number of amides is 1. The third kappa shape index (κ3) is 4.53. The number of thiazole rings is 1. The number of hydrogen-bond acceptors (Lipinski definition) is 5. The van der Waals surface area contributed by atoms with Gasteiger partial charge in [-0.05, 0) is 31.5 Å². The molecule has 112 valence electrons. The Morgan fingerprint density at radius 2 is 2.19 bits per heavy atom. The normalized spacial score (nSPS) is 10.6. The maximum Gasteiger partial charge on any atom is 0.233 e. The molecule has 0 spiro atoms. The molecule has 0 unspecified atom stereocenters. The summed E-state index contributed by atoms with van der Waals surface area (Å²) in [4.78, 5) is 26.8. The van der Waals surface area contributed by atoms with Crippen LogP contribution in [0.1, 0.15) is 33.1 Å². The van der Waals surface area contributed by atoms with Crippen LogP contribution in [0.5, 0.6) is 5.75 Å². The lowest BCUT2D eigenvalue weighted by Crippen LogP contribution is -2.14. The molecule has 1 aromatic heterocycles. The van der Waals surface area contributed by atoms with E-state index in [0.29, 0.717) is 11.7 Å². The molecule has 0 bridgehead atoms. The minimum Gasteiger partial charge on any atom is -0.494 e. The molecule has 1 N–H and O–H groups in total. The molecule has 0 aliphatic heterocycles. The first kappa shape index (κ1) is 15.4. The van der Waals surface area contributed by atoms with Crippen molar-refractivity contribution < 1.29 is 14.3 Å². The monoisotopic (exact) mass is 306 g/mol. The van der Waals surface area contributed by atoms with Gasteiger partial charge < -0.3 is 10.1 Å². The first-order chi connectivity index (χ1) is 10.1. The van der Waals surface area contributed by atoms with Gasteiger partial charge in [0.25, 0.3) is 0 Å². The van der Waals surface area contributed by atoms with Crippen molar-refractivity contribution in [3.63, 3.8) is 0 Å². The van der Waals surface area contributed by atoms with Gasteiger partial charge in [0, 0.05) is 0 Å². The van der Waals surface area contributed by atoms with E-state index in [1.807, 2.05) is 18.2 Å². The molecule has 0 aliphatic rings. The number of carbonyl (C=O) groups is 2. The molecular formula is C15H18N2O3S. The number of carbonyl (C=O) groups excluding carboxylic acids is 2. The fourth-order valence-electron chi connectivity index (χ4n) is 1.77. The highest BCUT2D eigenvalue weighted by atomic mass is 32.1.